The number of halogens is 1. The second-order valence-corrected chi connectivity index (χ2v) is 10.1. The summed E-state index contributed by atoms with van der Waals surface area (Å²) < 4.78 is 19.2. The summed E-state index contributed by atoms with van der Waals surface area (Å²) in [6.45, 7) is 4.29. The van der Waals surface area contributed by atoms with E-state index in [1.165, 1.54) is 23.7 Å². The van der Waals surface area contributed by atoms with Crippen molar-refractivity contribution >= 4 is 40.3 Å². The number of rotatable bonds is 8. The number of aryl methyl sites for hydroxylation is 3. The smallest absolute Gasteiger partial charge is 0.325 e. The van der Waals surface area contributed by atoms with Crippen molar-refractivity contribution in [3.05, 3.63) is 85.8 Å². The van der Waals surface area contributed by atoms with Crippen LogP contribution < -0.4 is 16.6 Å². The SMILES string of the molecule is CCc1cccc(CC)c1NC(=O)CSc1nnc2n(Cc3ccc(F)cc3)c3c(=O)n(C)c(=O)n(C)c3n12. The van der Waals surface area contributed by atoms with E-state index in [1.54, 1.807) is 28.1 Å². The summed E-state index contributed by atoms with van der Waals surface area (Å²) >= 11 is 1.16. The Morgan fingerprint density at radius 3 is 2.28 bits per heavy atom. The Morgan fingerprint density at radius 2 is 1.64 bits per heavy atom. The van der Waals surface area contributed by atoms with Crippen molar-refractivity contribution in [2.45, 2.75) is 38.4 Å². The molecule has 202 valence electrons. The van der Waals surface area contributed by atoms with Gasteiger partial charge >= 0.3 is 5.69 Å². The Labute approximate surface area is 227 Å². The number of benzene rings is 2. The van der Waals surface area contributed by atoms with Gasteiger partial charge in [0.25, 0.3) is 5.56 Å². The van der Waals surface area contributed by atoms with Crippen molar-refractivity contribution in [2.75, 3.05) is 11.1 Å². The minimum absolute atomic E-state index is 0.0470. The first-order valence-electron chi connectivity index (χ1n) is 12.6. The molecule has 0 saturated heterocycles. The van der Waals surface area contributed by atoms with Gasteiger partial charge in [-0.2, -0.15) is 0 Å². The molecular formula is C27H28FN7O3S. The number of carbonyl (C=O) groups excluding carboxylic acids is 1. The highest BCUT2D eigenvalue weighted by molar-refractivity contribution is 7.99. The Balaban J connectivity index is 1.55. The molecular weight excluding hydrogens is 521 g/mol. The molecule has 3 aromatic heterocycles. The summed E-state index contributed by atoms with van der Waals surface area (Å²) in [4.78, 5) is 39.1. The van der Waals surface area contributed by atoms with Gasteiger partial charge in [0.2, 0.25) is 11.7 Å². The third-order valence-electron chi connectivity index (χ3n) is 6.80. The van der Waals surface area contributed by atoms with Crippen LogP contribution in [0.4, 0.5) is 10.1 Å². The van der Waals surface area contributed by atoms with E-state index >= 15 is 0 Å². The summed E-state index contributed by atoms with van der Waals surface area (Å²) in [5.74, 6) is -0.190. The Bertz CT molecular complexity index is 1810. The predicted octanol–water partition coefficient (Wildman–Crippen LogP) is 3.12. The molecule has 0 atom stereocenters. The van der Waals surface area contributed by atoms with Crippen molar-refractivity contribution in [3.8, 4) is 0 Å². The molecule has 0 aliphatic rings. The van der Waals surface area contributed by atoms with E-state index < -0.39 is 11.2 Å². The van der Waals surface area contributed by atoms with Gasteiger partial charge in [-0.1, -0.05) is 55.9 Å². The molecule has 5 rings (SSSR count). The Morgan fingerprint density at radius 1 is 0.974 bits per heavy atom. The number of anilines is 1. The zero-order chi connectivity index (χ0) is 27.8. The number of aromatic nitrogens is 6. The molecule has 0 saturated carbocycles. The Hall–Kier alpha value is -4.19. The molecule has 12 heteroatoms. The first-order chi connectivity index (χ1) is 18.7. The van der Waals surface area contributed by atoms with E-state index in [2.05, 4.69) is 15.5 Å². The fourth-order valence-corrected chi connectivity index (χ4v) is 5.48. The lowest BCUT2D eigenvalue weighted by molar-refractivity contribution is -0.113. The van der Waals surface area contributed by atoms with Gasteiger partial charge in [0.15, 0.2) is 16.3 Å². The van der Waals surface area contributed by atoms with Crippen LogP contribution in [-0.4, -0.2) is 40.0 Å². The molecule has 0 fully saturated rings. The predicted molar refractivity (Wildman–Crippen MR) is 149 cm³/mol. The number of para-hydroxylation sites is 1. The second kappa shape index (κ2) is 10.5. The number of hydrogen-bond donors (Lipinski definition) is 1. The first-order valence-corrected chi connectivity index (χ1v) is 13.5. The van der Waals surface area contributed by atoms with Crippen LogP contribution in [0.25, 0.3) is 16.9 Å². The van der Waals surface area contributed by atoms with Crippen LogP contribution in [0.5, 0.6) is 0 Å². The molecule has 5 aromatic rings. The molecule has 0 unspecified atom stereocenters. The molecule has 10 nitrogen and oxygen atoms in total. The van der Waals surface area contributed by atoms with E-state index in [0.717, 1.165) is 51.5 Å². The first kappa shape index (κ1) is 26.4. The van der Waals surface area contributed by atoms with Crippen LogP contribution in [0, 0.1) is 5.82 Å². The van der Waals surface area contributed by atoms with Crippen LogP contribution in [0.3, 0.4) is 0 Å². The minimum atomic E-state index is -0.501. The number of fused-ring (bicyclic) bond motifs is 3. The van der Waals surface area contributed by atoms with Crippen LogP contribution >= 0.6 is 11.8 Å². The van der Waals surface area contributed by atoms with Gasteiger partial charge in [0, 0.05) is 19.8 Å². The van der Waals surface area contributed by atoms with E-state index in [1.807, 2.05) is 32.0 Å². The number of nitrogens with zero attached hydrogens (tertiary/aromatic N) is 6. The molecule has 0 aliphatic heterocycles. The summed E-state index contributed by atoms with van der Waals surface area (Å²) in [6.07, 6.45) is 1.58. The van der Waals surface area contributed by atoms with Crippen molar-refractivity contribution in [3.63, 3.8) is 0 Å². The van der Waals surface area contributed by atoms with Gasteiger partial charge in [0.1, 0.15) is 5.82 Å². The monoisotopic (exact) mass is 549 g/mol. The number of amides is 1. The molecule has 0 radical (unpaired) electrons. The third kappa shape index (κ3) is 4.65. The zero-order valence-corrected chi connectivity index (χ0v) is 22.9. The van der Waals surface area contributed by atoms with Crippen molar-refractivity contribution in [1.82, 2.24) is 28.3 Å². The number of imidazole rings is 1. The Kier molecular flexibility index (Phi) is 7.13. The maximum Gasteiger partial charge on any atom is 0.332 e. The number of hydrogen-bond acceptors (Lipinski definition) is 6. The highest BCUT2D eigenvalue weighted by Gasteiger charge is 2.24. The van der Waals surface area contributed by atoms with Gasteiger partial charge in [0.05, 0.1) is 12.3 Å². The molecule has 39 heavy (non-hydrogen) atoms. The molecule has 1 N–H and O–H groups in total. The van der Waals surface area contributed by atoms with Crippen LogP contribution in [0.1, 0.15) is 30.5 Å². The molecule has 0 bridgehead atoms. The standard InChI is InChI=1S/C27H28FN7O3S/c1-5-17-8-7-9-18(6-2)21(17)29-20(36)15-39-26-31-30-25-34(14-16-10-12-19(28)13-11-16)22-23(35(25)26)32(3)27(38)33(4)24(22)37/h7-13H,5-6,14-15H2,1-4H3,(H,29,36). The summed E-state index contributed by atoms with van der Waals surface area (Å²) in [7, 11) is 2.99. The largest absolute Gasteiger partial charge is 0.332 e. The molecule has 1 amide bonds. The third-order valence-corrected chi connectivity index (χ3v) is 7.73. The van der Waals surface area contributed by atoms with Gasteiger partial charge in [-0.3, -0.25) is 23.3 Å². The molecule has 2 aromatic carbocycles. The average molecular weight is 550 g/mol. The van der Waals surface area contributed by atoms with E-state index in [9.17, 15) is 18.8 Å². The minimum Gasteiger partial charge on any atom is -0.325 e. The van der Waals surface area contributed by atoms with Gasteiger partial charge in [-0.25, -0.2) is 13.6 Å². The summed E-state index contributed by atoms with van der Waals surface area (Å²) in [5.41, 5.74) is 3.28. The van der Waals surface area contributed by atoms with Gasteiger partial charge in [-0.05, 0) is 41.7 Å². The van der Waals surface area contributed by atoms with Crippen molar-refractivity contribution in [2.24, 2.45) is 14.1 Å². The molecule has 0 spiro atoms. The molecule has 3 heterocycles. The number of thioether (sulfide) groups is 1. The van der Waals surface area contributed by atoms with Crippen LogP contribution in [0.2, 0.25) is 0 Å². The van der Waals surface area contributed by atoms with Gasteiger partial charge < -0.3 is 5.32 Å². The average Bonchev–Trinajstić information content (AvgIpc) is 3.49. The number of carbonyl (C=O) groups is 1. The lowest BCUT2D eigenvalue weighted by atomic mass is 10.0. The number of nitrogens with one attached hydrogen (secondary N) is 1. The van der Waals surface area contributed by atoms with E-state index in [-0.39, 0.29) is 29.5 Å². The quantitative estimate of drug-likeness (QED) is 0.298. The normalized spacial score (nSPS) is 11.5. The van der Waals surface area contributed by atoms with Gasteiger partial charge in [-0.15, -0.1) is 10.2 Å². The molecule has 0 aliphatic carbocycles. The van der Waals surface area contributed by atoms with Crippen molar-refractivity contribution < 1.29 is 9.18 Å². The fraction of sp³-hybridized carbons (Fsp3) is 0.296. The summed E-state index contributed by atoms with van der Waals surface area (Å²) in [5, 5.41) is 12.0. The maximum atomic E-state index is 13.5. The van der Waals surface area contributed by atoms with Crippen LogP contribution in [-0.2, 0) is 38.3 Å². The highest BCUT2D eigenvalue weighted by atomic mass is 32.2. The lowest BCUT2D eigenvalue weighted by Gasteiger charge is -2.14. The highest BCUT2D eigenvalue weighted by Crippen LogP contribution is 2.26. The fourth-order valence-electron chi connectivity index (χ4n) is 4.75. The summed E-state index contributed by atoms with van der Waals surface area (Å²) in [6, 6.07) is 11.9. The van der Waals surface area contributed by atoms with Crippen molar-refractivity contribution in [1.29, 1.82) is 0 Å². The van der Waals surface area contributed by atoms with E-state index in [4.69, 9.17) is 0 Å². The second-order valence-electron chi connectivity index (χ2n) is 9.20. The van der Waals surface area contributed by atoms with E-state index in [0.29, 0.717) is 16.6 Å². The topological polar surface area (TPSA) is 108 Å². The van der Waals surface area contributed by atoms with Crippen LogP contribution in [0.15, 0.2) is 57.2 Å². The maximum absolute atomic E-state index is 13.5. The lowest BCUT2D eigenvalue weighted by Crippen LogP contribution is -2.37. The zero-order valence-electron chi connectivity index (χ0n) is 22.1.